The summed E-state index contributed by atoms with van der Waals surface area (Å²) in [6.07, 6.45) is 5.54. The first-order valence-electron chi connectivity index (χ1n) is 7.06. The van der Waals surface area contributed by atoms with E-state index in [0.29, 0.717) is 17.6 Å². The number of aliphatic hydroxyl groups is 1. The van der Waals surface area contributed by atoms with Crippen molar-refractivity contribution in [2.45, 2.75) is 51.0 Å². The summed E-state index contributed by atoms with van der Waals surface area (Å²) in [7, 11) is 0. The maximum atomic E-state index is 10.1. The van der Waals surface area contributed by atoms with Gasteiger partial charge in [-0.2, -0.15) is 0 Å². The number of phenols is 1. The average molecular weight is 246 g/mol. The molecule has 2 heteroatoms. The maximum Gasteiger partial charge on any atom is 0.115 e. The number of hydrogen-bond acceptors (Lipinski definition) is 2. The van der Waals surface area contributed by atoms with Gasteiger partial charge in [0.25, 0.3) is 0 Å². The highest BCUT2D eigenvalue weighted by atomic mass is 16.3. The second-order valence-corrected chi connectivity index (χ2v) is 6.36. The lowest BCUT2D eigenvalue weighted by atomic mass is 9.64. The highest BCUT2D eigenvalue weighted by molar-refractivity contribution is 5.29. The van der Waals surface area contributed by atoms with Gasteiger partial charge in [-0.25, -0.2) is 0 Å². The molecule has 0 radical (unpaired) electrons. The molecule has 1 aromatic rings. The topological polar surface area (TPSA) is 40.5 Å². The zero-order valence-electron chi connectivity index (χ0n) is 11.0. The number of aromatic hydroxyl groups is 1. The monoisotopic (exact) mass is 246 g/mol. The fourth-order valence-corrected chi connectivity index (χ4v) is 4.04. The molecule has 0 aliphatic heterocycles. The molecule has 2 N–H and O–H groups in total. The molecule has 0 saturated heterocycles. The minimum absolute atomic E-state index is 0.0942. The van der Waals surface area contributed by atoms with E-state index in [4.69, 9.17) is 0 Å². The molecule has 2 fully saturated rings. The van der Waals surface area contributed by atoms with Crippen LogP contribution in [0.4, 0.5) is 0 Å². The largest absolute Gasteiger partial charge is 0.508 e. The summed E-state index contributed by atoms with van der Waals surface area (Å²) in [6.45, 7) is 2.27. The van der Waals surface area contributed by atoms with Crippen molar-refractivity contribution in [3.63, 3.8) is 0 Å². The van der Waals surface area contributed by atoms with Crippen LogP contribution in [-0.2, 0) is 0 Å². The van der Waals surface area contributed by atoms with Crippen LogP contribution in [0, 0.1) is 11.3 Å². The predicted molar refractivity (Wildman–Crippen MR) is 71.5 cm³/mol. The van der Waals surface area contributed by atoms with E-state index in [-0.39, 0.29) is 11.5 Å². The minimum atomic E-state index is -0.0942. The fourth-order valence-electron chi connectivity index (χ4n) is 4.04. The molecule has 0 spiro atoms. The molecule has 0 aromatic heterocycles. The number of phenolic OH excluding ortho intramolecular Hbond substituents is 1. The zero-order chi connectivity index (χ0) is 12.8. The quantitative estimate of drug-likeness (QED) is 0.797. The third-order valence-electron chi connectivity index (χ3n) is 5.45. The lowest BCUT2D eigenvalue weighted by molar-refractivity contribution is 0.00872. The van der Waals surface area contributed by atoms with Crippen LogP contribution in [0.15, 0.2) is 24.3 Å². The molecule has 0 bridgehead atoms. The predicted octanol–water partition coefficient (Wildman–Crippen LogP) is 3.44. The summed E-state index contributed by atoms with van der Waals surface area (Å²) < 4.78 is 0. The van der Waals surface area contributed by atoms with Gasteiger partial charge in [0, 0.05) is 0 Å². The normalized spacial score (nSPS) is 39.6. The molecule has 0 amide bonds. The zero-order valence-corrected chi connectivity index (χ0v) is 11.0. The van der Waals surface area contributed by atoms with Crippen LogP contribution in [0.2, 0.25) is 0 Å². The van der Waals surface area contributed by atoms with Gasteiger partial charge in [0.15, 0.2) is 0 Å². The Morgan fingerprint density at radius 1 is 1.11 bits per heavy atom. The van der Waals surface area contributed by atoms with Crippen molar-refractivity contribution < 1.29 is 10.2 Å². The van der Waals surface area contributed by atoms with E-state index in [2.05, 4.69) is 6.92 Å². The second-order valence-electron chi connectivity index (χ2n) is 6.36. The third-order valence-corrected chi connectivity index (χ3v) is 5.45. The molecular weight excluding hydrogens is 224 g/mol. The molecule has 2 aliphatic rings. The van der Waals surface area contributed by atoms with E-state index in [1.54, 1.807) is 12.1 Å². The summed E-state index contributed by atoms with van der Waals surface area (Å²) in [5.74, 6) is 1.62. The lowest BCUT2D eigenvalue weighted by Gasteiger charge is -2.42. The number of fused-ring (bicyclic) bond motifs is 1. The standard InChI is InChI=1S/C16H22O2/c1-16-9-8-12(10-13(16)4-7-15(16)18)11-2-5-14(17)6-3-11/h2-3,5-6,12-13,15,17-18H,4,7-10H2,1H3/t12-,13-,15-,16-/m0/s1. The molecule has 2 aliphatic carbocycles. The van der Waals surface area contributed by atoms with E-state index in [1.807, 2.05) is 12.1 Å². The molecular formula is C16H22O2. The number of aliphatic hydroxyl groups excluding tert-OH is 1. The van der Waals surface area contributed by atoms with E-state index in [0.717, 1.165) is 19.3 Å². The first-order chi connectivity index (χ1) is 8.59. The Balaban J connectivity index is 1.77. The van der Waals surface area contributed by atoms with E-state index in [9.17, 15) is 10.2 Å². The van der Waals surface area contributed by atoms with Gasteiger partial charge in [0.1, 0.15) is 5.75 Å². The Morgan fingerprint density at radius 2 is 1.83 bits per heavy atom. The number of benzene rings is 1. The van der Waals surface area contributed by atoms with Crippen LogP contribution >= 0.6 is 0 Å². The summed E-state index contributed by atoms with van der Waals surface area (Å²) in [5, 5.41) is 19.5. The minimum Gasteiger partial charge on any atom is -0.508 e. The van der Waals surface area contributed by atoms with Gasteiger partial charge < -0.3 is 10.2 Å². The van der Waals surface area contributed by atoms with E-state index in [1.165, 1.54) is 18.4 Å². The van der Waals surface area contributed by atoms with Crippen LogP contribution in [0.1, 0.15) is 50.5 Å². The molecule has 18 heavy (non-hydrogen) atoms. The Bertz CT molecular complexity index is 425. The fraction of sp³-hybridized carbons (Fsp3) is 0.625. The van der Waals surface area contributed by atoms with Crippen LogP contribution in [0.25, 0.3) is 0 Å². The Kier molecular flexibility index (Phi) is 2.86. The van der Waals surface area contributed by atoms with Crippen molar-refractivity contribution in [2.24, 2.45) is 11.3 Å². The molecule has 3 rings (SSSR count). The molecule has 2 saturated carbocycles. The van der Waals surface area contributed by atoms with Gasteiger partial charge in [-0.05, 0) is 67.1 Å². The lowest BCUT2D eigenvalue weighted by Crippen LogP contribution is -2.36. The van der Waals surface area contributed by atoms with Crippen LogP contribution in [0.5, 0.6) is 5.75 Å². The Labute approximate surface area is 109 Å². The number of hydrogen-bond donors (Lipinski definition) is 2. The van der Waals surface area contributed by atoms with Gasteiger partial charge in [0.2, 0.25) is 0 Å². The molecule has 0 heterocycles. The molecule has 1 aromatic carbocycles. The van der Waals surface area contributed by atoms with E-state index >= 15 is 0 Å². The van der Waals surface area contributed by atoms with Crippen LogP contribution in [0.3, 0.4) is 0 Å². The first kappa shape index (κ1) is 12.0. The molecule has 2 nitrogen and oxygen atoms in total. The Hall–Kier alpha value is -1.02. The van der Waals surface area contributed by atoms with Gasteiger partial charge in [-0.3, -0.25) is 0 Å². The summed E-state index contributed by atoms with van der Waals surface area (Å²) in [6, 6.07) is 7.67. The van der Waals surface area contributed by atoms with Gasteiger partial charge in [-0.15, -0.1) is 0 Å². The van der Waals surface area contributed by atoms with E-state index < -0.39 is 0 Å². The van der Waals surface area contributed by atoms with Crippen LogP contribution in [-0.4, -0.2) is 16.3 Å². The summed E-state index contributed by atoms with van der Waals surface area (Å²) in [4.78, 5) is 0. The highest BCUT2D eigenvalue weighted by Gasteiger charge is 2.48. The first-order valence-corrected chi connectivity index (χ1v) is 7.06. The smallest absolute Gasteiger partial charge is 0.115 e. The SMILES string of the molecule is C[C@]12CC[C@H](c3ccc(O)cc3)C[C@@H]1CC[C@@H]2O. The van der Waals surface area contributed by atoms with Crippen molar-refractivity contribution in [1.29, 1.82) is 0 Å². The third kappa shape index (κ3) is 1.83. The van der Waals surface area contributed by atoms with Gasteiger partial charge in [-0.1, -0.05) is 19.1 Å². The maximum absolute atomic E-state index is 10.1. The molecule has 0 unspecified atom stereocenters. The van der Waals surface area contributed by atoms with Gasteiger partial charge >= 0.3 is 0 Å². The van der Waals surface area contributed by atoms with Crippen molar-refractivity contribution in [1.82, 2.24) is 0 Å². The van der Waals surface area contributed by atoms with Crippen LogP contribution < -0.4 is 0 Å². The number of rotatable bonds is 1. The van der Waals surface area contributed by atoms with Crippen molar-refractivity contribution >= 4 is 0 Å². The summed E-state index contributed by atoms with van der Waals surface area (Å²) in [5.41, 5.74) is 1.50. The van der Waals surface area contributed by atoms with Crippen molar-refractivity contribution in [3.8, 4) is 5.75 Å². The second kappa shape index (κ2) is 4.27. The summed E-state index contributed by atoms with van der Waals surface area (Å²) >= 11 is 0. The van der Waals surface area contributed by atoms with Crippen molar-refractivity contribution in [2.75, 3.05) is 0 Å². The average Bonchev–Trinajstić information content (AvgIpc) is 2.66. The highest BCUT2D eigenvalue weighted by Crippen LogP contribution is 2.55. The Morgan fingerprint density at radius 3 is 2.56 bits per heavy atom. The molecule has 98 valence electrons. The van der Waals surface area contributed by atoms with Crippen molar-refractivity contribution in [3.05, 3.63) is 29.8 Å². The molecule has 4 atom stereocenters. The van der Waals surface area contributed by atoms with Gasteiger partial charge in [0.05, 0.1) is 6.10 Å².